The first-order chi connectivity index (χ1) is 10.1. The molecule has 0 heterocycles. The first-order valence-electron chi connectivity index (χ1n) is 6.74. The molecule has 0 radical (unpaired) electrons. The number of aromatic hydroxyl groups is 1. The quantitative estimate of drug-likeness (QED) is 0.697. The number of fused-ring (bicyclic) bond motifs is 1. The molecule has 4 heteroatoms. The number of carbonyl (C=O) groups is 1. The number of rotatable bonds is 2. The zero-order chi connectivity index (χ0) is 14.8. The number of anilines is 1. The molecule has 0 aliphatic rings. The van der Waals surface area contributed by atoms with Gasteiger partial charge in [-0.05, 0) is 41.5 Å². The van der Waals surface area contributed by atoms with Gasteiger partial charge >= 0.3 is 29.6 Å². The third-order valence-electron chi connectivity index (χ3n) is 3.50. The maximum absolute atomic E-state index is 12.4. The first kappa shape index (κ1) is 16.6. The number of carbonyl (C=O) groups excluding carboxylic acids is 1. The molecule has 104 valence electrons. The van der Waals surface area contributed by atoms with Gasteiger partial charge in [0, 0.05) is 5.69 Å². The van der Waals surface area contributed by atoms with Gasteiger partial charge in [0.25, 0.3) is 5.91 Å². The van der Waals surface area contributed by atoms with Crippen molar-refractivity contribution in [3.8, 4) is 5.75 Å². The fourth-order valence-electron chi connectivity index (χ4n) is 2.31. The third-order valence-corrected chi connectivity index (χ3v) is 3.50. The van der Waals surface area contributed by atoms with Crippen LogP contribution in [0, 0.1) is 6.92 Å². The normalized spacial score (nSPS) is 10.0. The molecular weight excluding hydrogens is 285 g/mol. The van der Waals surface area contributed by atoms with Crippen molar-refractivity contribution in [1.29, 1.82) is 0 Å². The zero-order valence-corrected chi connectivity index (χ0v) is 14.6. The van der Waals surface area contributed by atoms with Crippen molar-refractivity contribution in [2.24, 2.45) is 0 Å². The topological polar surface area (TPSA) is 49.3 Å². The maximum Gasteiger partial charge on any atom is 1.00 e. The average Bonchev–Trinajstić information content (AvgIpc) is 2.49. The van der Waals surface area contributed by atoms with Gasteiger partial charge in [0.05, 0.1) is 5.56 Å². The molecule has 0 saturated carbocycles. The van der Waals surface area contributed by atoms with Crippen LogP contribution >= 0.6 is 0 Å². The van der Waals surface area contributed by atoms with Gasteiger partial charge in [0.2, 0.25) is 0 Å². The summed E-state index contributed by atoms with van der Waals surface area (Å²) in [6, 6.07) is 18.5. The molecule has 3 aromatic carbocycles. The van der Waals surface area contributed by atoms with Gasteiger partial charge < -0.3 is 10.4 Å². The van der Waals surface area contributed by atoms with Gasteiger partial charge in [0.15, 0.2) is 0 Å². The summed E-state index contributed by atoms with van der Waals surface area (Å²) < 4.78 is 0. The van der Waals surface area contributed by atoms with Gasteiger partial charge in [-0.25, -0.2) is 0 Å². The second-order valence-corrected chi connectivity index (χ2v) is 4.99. The number of hydrogen-bond donors (Lipinski definition) is 2. The van der Waals surface area contributed by atoms with Crippen molar-refractivity contribution >= 4 is 22.4 Å². The summed E-state index contributed by atoms with van der Waals surface area (Å²) >= 11 is 0. The molecule has 22 heavy (non-hydrogen) atoms. The molecule has 3 nitrogen and oxygen atoms in total. The molecule has 3 aromatic rings. The number of amides is 1. The average molecular weight is 300 g/mol. The van der Waals surface area contributed by atoms with E-state index in [9.17, 15) is 9.90 Å². The van der Waals surface area contributed by atoms with E-state index in [0.717, 1.165) is 22.0 Å². The van der Waals surface area contributed by atoms with Gasteiger partial charge in [0.1, 0.15) is 5.75 Å². The molecule has 0 spiro atoms. The number of hydrogen-bond acceptors (Lipinski definition) is 2. The van der Waals surface area contributed by atoms with Crippen LogP contribution in [-0.4, -0.2) is 11.0 Å². The molecule has 1 amide bonds. The van der Waals surface area contributed by atoms with Crippen molar-refractivity contribution in [3.05, 3.63) is 71.8 Å². The Labute approximate surface area is 151 Å². The van der Waals surface area contributed by atoms with Crippen LogP contribution in [-0.2, 0) is 0 Å². The second kappa shape index (κ2) is 6.97. The van der Waals surface area contributed by atoms with E-state index in [1.807, 2.05) is 55.5 Å². The number of phenolic OH excluding ortho intramolecular Hbond substituents is 1. The number of phenols is 1. The number of benzene rings is 3. The summed E-state index contributed by atoms with van der Waals surface area (Å²) in [7, 11) is 0. The molecule has 3 rings (SSSR count). The molecule has 2 N–H and O–H groups in total. The largest absolute Gasteiger partial charge is 1.00 e. The van der Waals surface area contributed by atoms with Gasteiger partial charge in [-0.2, -0.15) is 0 Å². The summed E-state index contributed by atoms with van der Waals surface area (Å²) in [5.74, 6) is -0.327. The Hall–Kier alpha value is -1.81. The Balaban J connectivity index is 0.00000176. The molecule has 0 fully saturated rings. The first-order valence-corrected chi connectivity index (χ1v) is 6.74. The fourth-order valence-corrected chi connectivity index (χ4v) is 2.31. The standard InChI is InChI=1S/C18H15NO2.Na/c1-12-6-2-5-9-16(12)19-18(21)15-10-13-7-3-4-8-14(13)11-17(15)20;/h2-11,20H,1H3,(H,19,21);/q;+1. The fraction of sp³-hybridized carbons (Fsp3) is 0.0556. The molecule has 0 bridgehead atoms. The van der Waals surface area contributed by atoms with E-state index in [4.69, 9.17) is 0 Å². The number of nitrogens with one attached hydrogen (secondary N) is 1. The van der Waals surface area contributed by atoms with E-state index >= 15 is 0 Å². The minimum atomic E-state index is -0.312. The van der Waals surface area contributed by atoms with E-state index in [1.165, 1.54) is 0 Å². The summed E-state index contributed by atoms with van der Waals surface area (Å²) in [6.45, 7) is 1.93. The zero-order valence-electron chi connectivity index (χ0n) is 12.6. The van der Waals surface area contributed by atoms with Crippen LogP contribution in [0.5, 0.6) is 5.75 Å². The summed E-state index contributed by atoms with van der Waals surface area (Å²) in [5, 5.41) is 14.7. The molecule has 0 aromatic heterocycles. The van der Waals surface area contributed by atoms with Crippen LogP contribution in [0.4, 0.5) is 5.69 Å². The van der Waals surface area contributed by atoms with Gasteiger partial charge in [-0.3, -0.25) is 4.79 Å². The van der Waals surface area contributed by atoms with Crippen molar-refractivity contribution in [2.45, 2.75) is 6.92 Å². The van der Waals surface area contributed by atoms with E-state index in [0.29, 0.717) is 0 Å². The van der Waals surface area contributed by atoms with Crippen molar-refractivity contribution in [2.75, 3.05) is 5.32 Å². The summed E-state index contributed by atoms with van der Waals surface area (Å²) in [5.41, 5.74) is 2.00. The van der Waals surface area contributed by atoms with Crippen LogP contribution in [0.25, 0.3) is 10.8 Å². The summed E-state index contributed by atoms with van der Waals surface area (Å²) in [6.07, 6.45) is 0. The van der Waals surface area contributed by atoms with E-state index in [-0.39, 0.29) is 46.8 Å². The van der Waals surface area contributed by atoms with E-state index in [2.05, 4.69) is 5.32 Å². The monoisotopic (exact) mass is 300 g/mol. The molecule has 0 saturated heterocycles. The Morgan fingerprint density at radius 3 is 2.23 bits per heavy atom. The van der Waals surface area contributed by atoms with Crippen LogP contribution in [0.15, 0.2) is 60.7 Å². The number of para-hydroxylation sites is 1. The van der Waals surface area contributed by atoms with Gasteiger partial charge in [-0.1, -0.05) is 42.5 Å². The van der Waals surface area contributed by atoms with Crippen LogP contribution < -0.4 is 34.9 Å². The summed E-state index contributed by atoms with van der Waals surface area (Å²) in [4.78, 5) is 12.4. The van der Waals surface area contributed by atoms with Crippen molar-refractivity contribution in [3.63, 3.8) is 0 Å². The second-order valence-electron chi connectivity index (χ2n) is 4.99. The third kappa shape index (κ3) is 3.33. The maximum atomic E-state index is 12.4. The number of aryl methyl sites for hydroxylation is 1. The minimum Gasteiger partial charge on any atom is -0.507 e. The minimum absolute atomic E-state index is 0. The van der Waals surface area contributed by atoms with Crippen molar-refractivity contribution < 1.29 is 39.5 Å². The molecule has 0 atom stereocenters. The predicted molar refractivity (Wildman–Crippen MR) is 84.7 cm³/mol. The molecular formula is C18H15NNaO2+. The van der Waals surface area contributed by atoms with Crippen LogP contribution in [0.1, 0.15) is 15.9 Å². The van der Waals surface area contributed by atoms with Crippen LogP contribution in [0.3, 0.4) is 0 Å². The van der Waals surface area contributed by atoms with E-state index in [1.54, 1.807) is 12.1 Å². The predicted octanol–water partition coefficient (Wildman–Crippen LogP) is 1.11. The van der Waals surface area contributed by atoms with E-state index < -0.39 is 0 Å². The SMILES string of the molecule is Cc1ccccc1NC(=O)c1cc2ccccc2cc1O.[Na+]. The molecule has 0 unspecified atom stereocenters. The van der Waals surface area contributed by atoms with Crippen molar-refractivity contribution in [1.82, 2.24) is 0 Å². The van der Waals surface area contributed by atoms with Crippen LogP contribution in [0.2, 0.25) is 0 Å². The molecule has 0 aliphatic carbocycles. The Kier molecular flexibility index (Phi) is 5.24. The Bertz CT molecular complexity index is 830. The Morgan fingerprint density at radius 1 is 0.955 bits per heavy atom. The Morgan fingerprint density at radius 2 is 1.55 bits per heavy atom. The molecule has 0 aliphatic heterocycles. The van der Waals surface area contributed by atoms with Gasteiger partial charge in [-0.15, -0.1) is 0 Å². The smallest absolute Gasteiger partial charge is 0.507 e.